The molecule has 0 aliphatic rings. The molecule has 6 aromatic carbocycles. The van der Waals surface area contributed by atoms with Crippen LogP contribution < -0.4 is 4.90 Å². The minimum atomic E-state index is 0.896. The largest absolute Gasteiger partial charge is 0.310 e. The van der Waals surface area contributed by atoms with Crippen molar-refractivity contribution in [2.75, 3.05) is 4.90 Å². The molecule has 0 spiro atoms. The van der Waals surface area contributed by atoms with Gasteiger partial charge >= 0.3 is 0 Å². The van der Waals surface area contributed by atoms with Crippen LogP contribution in [0.3, 0.4) is 0 Å². The van der Waals surface area contributed by atoms with Gasteiger partial charge in [0.1, 0.15) is 0 Å². The Labute approximate surface area is 248 Å². The molecular weight excluding hydrogens is 531 g/mol. The first-order valence-corrected chi connectivity index (χ1v) is 14.8. The van der Waals surface area contributed by atoms with Gasteiger partial charge in [0, 0.05) is 48.4 Å². The molecule has 0 saturated carbocycles. The summed E-state index contributed by atoms with van der Waals surface area (Å²) in [7, 11) is 0. The van der Waals surface area contributed by atoms with Gasteiger partial charge in [-0.05, 0) is 54.6 Å². The number of fused-ring (bicyclic) bond motifs is 4. The van der Waals surface area contributed by atoms with E-state index in [0.717, 1.165) is 50.6 Å². The zero-order chi connectivity index (χ0) is 27.9. The highest BCUT2D eigenvalue weighted by Gasteiger charge is 2.19. The Morgan fingerprint density at radius 2 is 1.05 bits per heavy atom. The number of thiophene rings is 1. The average molecular weight is 556 g/mol. The molecule has 0 aliphatic carbocycles. The molecule has 0 radical (unpaired) electrons. The molecule has 8 aromatic rings. The number of hydrogen-bond acceptors (Lipinski definition) is 4. The molecule has 42 heavy (non-hydrogen) atoms. The van der Waals surface area contributed by atoms with Gasteiger partial charge in [-0.3, -0.25) is 0 Å². The van der Waals surface area contributed by atoms with Crippen molar-refractivity contribution in [1.29, 1.82) is 0 Å². The summed E-state index contributed by atoms with van der Waals surface area (Å²) in [6.45, 7) is 0. The van der Waals surface area contributed by atoms with Crippen LogP contribution in [-0.4, -0.2) is 9.97 Å². The van der Waals surface area contributed by atoms with E-state index < -0.39 is 0 Å². The van der Waals surface area contributed by atoms with Gasteiger partial charge in [0.2, 0.25) is 0 Å². The number of para-hydroxylation sites is 4. The molecule has 0 bridgehead atoms. The summed E-state index contributed by atoms with van der Waals surface area (Å²) in [5.41, 5.74) is 9.15. The zero-order valence-corrected chi connectivity index (χ0v) is 23.5. The van der Waals surface area contributed by atoms with Gasteiger partial charge in [0.15, 0.2) is 0 Å². The van der Waals surface area contributed by atoms with E-state index in [0.29, 0.717) is 0 Å². The van der Waals surface area contributed by atoms with E-state index in [-0.39, 0.29) is 0 Å². The Bertz CT molecular complexity index is 2150. The van der Waals surface area contributed by atoms with Gasteiger partial charge in [-0.25, -0.2) is 9.97 Å². The third-order valence-corrected chi connectivity index (χ3v) is 8.76. The molecule has 0 amide bonds. The minimum absolute atomic E-state index is 0.896. The zero-order valence-electron chi connectivity index (χ0n) is 22.7. The number of hydrogen-bond donors (Lipinski definition) is 0. The number of anilines is 3. The Morgan fingerprint density at radius 3 is 1.71 bits per heavy atom. The molecule has 2 heterocycles. The first kappa shape index (κ1) is 24.5. The lowest BCUT2D eigenvalue weighted by Crippen LogP contribution is -2.09. The summed E-state index contributed by atoms with van der Waals surface area (Å²) >= 11 is 1.82. The summed E-state index contributed by atoms with van der Waals surface area (Å²) in [6, 6.07) is 52.9. The molecule has 2 aromatic heterocycles. The maximum Gasteiger partial charge on any atom is 0.0979 e. The van der Waals surface area contributed by atoms with Crippen molar-refractivity contribution in [3.8, 4) is 22.5 Å². The second-order valence-corrected chi connectivity index (χ2v) is 11.3. The van der Waals surface area contributed by atoms with Crippen LogP contribution in [0.2, 0.25) is 0 Å². The fourth-order valence-electron chi connectivity index (χ4n) is 5.74. The Morgan fingerprint density at radius 1 is 0.452 bits per heavy atom. The first-order valence-electron chi connectivity index (χ1n) is 14.0. The van der Waals surface area contributed by atoms with E-state index in [1.807, 2.05) is 41.7 Å². The molecule has 0 unspecified atom stereocenters. The second kappa shape index (κ2) is 10.3. The molecular formula is C38H25N3S. The van der Waals surface area contributed by atoms with Crippen LogP contribution in [-0.2, 0) is 0 Å². The Balaban J connectivity index is 1.35. The van der Waals surface area contributed by atoms with Crippen LogP contribution in [0.15, 0.2) is 152 Å². The first-order chi connectivity index (χ1) is 20.8. The van der Waals surface area contributed by atoms with Crippen LogP contribution in [0.5, 0.6) is 0 Å². The van der Waals surface area contributed by atoms with E-state index in [1.54, 1.807) is 0 Å². The molecule has 0 atom stereocenters. The quantitative estimate of drug-likeness (QED) is 0.211. The number of aromatic nitrogens is 2. The van der Waals surface area contributed by atoms with Crippen molar-refractivity contribution in [3.63, 3.8) is 0 Å². The standard InChI is InChI=1S/C38H25N3S/c1-4-13-26(14-5-1)37-38(40-33-21-11-10-20-32(33)39-37)31-19-12-22-34-36(31)30-24-23-29(25-35(30)42-34)41(27-15-6-2-7-16-27)28-17-8-3-9-18-28/h1-25H. The van der Waals surface area contributed by atoms with E-state index in [9.17, 15) is 0 Å². The monoisotopic (exact) mass is 555 g/mol. The fraction of sp³-hybridized carbons (Fsp3) is 0. The Kier molecular flexibility index (Phi) is 5.98. The summed E-state index contributed by atoms with van der Waals surface area (Å²) in [5.74, 6) is 0. The van der Waals surface area contributed by atoms with Crippen LogP contribution in [0.1, 0.15) is 0 Å². The van der Waals surface area contributed by atoms with Crippen LogP contribution in [0.25, 0.3) is 53.7 Å². The maximum absolute atomic E-state index is 5.22. The van der Waals surface area contributed by atoms with Gasteiger partial charge in [-0.1, -0.05) is 97.1 Å². The van der Waals surface area contributed by atoms with Crippen LogP contribution >= 0.6 is 11.3 Å². The van der Waals surface area contributed by atoms with Gasteiger partial charge in [0.05, 0.1) is 22.4 Å². The van der Waals surface area contributed by atoms with Crippen molar-refractivity contribution in [2.45, 2.75) is 0 Å². The smallest absolute Gasteiger partial charge is 0.0979 e. The molecule has 0 N–H and O–H groups in total. The molecule has 198 valence electrons. The molecule has 8 rings (SSSR count). The van der Waals surface area contributed by atoms with Crippen LogP contribution in [0, 0.1) is 0 Å². The molecule has 0 fully saturated rings. The number of nitrogens with zero attached hydrogens (tertiary/aromatic N) is 3. The summed E-state index contributed by atoms with van der Waals surface area (Å²) in [4.78, 5) is 12.7. The lowest BCUT2D eigenvalue weighted by Gasteiger charge is -2.25. The fourth-order valence-corrected chi connectivity index (χ4v) is 6.90. The van der Waals surface area contributed by atoms with Gasteiger partial charge < -0.3 is 4.90 Å². The van der Waals surface area contributed by atoms with E-state index >= 15 is 0 Å². The van der Waals surface area contributed by atoms with E-state index in [4.69, 9.17) is 9.97 Å². The molecule has 4 heteroatoms. The van der Waals surface area contributed by atoms with Crippen molar-refractivity contribution < 1.29 is 0 Å². The Hall–Kier alpha value is -5.32. The van der Waals surface area contributed by atoms with Crippen molar-refractivity contribution in [1.82, 2.24) is 9.97 Å². The predicted molar refractivity (Wildman–Crippen MR) is 178 cm³/mol. The highest BCUT2D eigenvalue weighted by Crippen LogP contribution is 2.44. The van der Waals surface area contributed by atoms with Gasteiger partial charge in [-0.2, -0.15) is 0 Å². The maximum atomic E-state index is 5.22. The van der Waals surface area contributed by atoms with E-state index in [2.05, 4.69) is 126 Å². The highest BCUT2D eigenvalue weighted by atomic mass is 32.1. The van der Waals surface area contributed by atoms with Crippen LogP contribution in [0.4, 0.5) is 17.1 Å². The molecule has 3 nitrogen and oxygen atoms in total. The number of benzene rings is 6. The summed E-state index contributed by atoms with van der Waals surface area (Å²) in [5, 5.41) is 2.45. The van der Waals surface area contributed by atoms with Gasteiger partial charge in [0.25, 0.3) is 0 Å². The van der Waals surface area contributed by atoms with Crippen molar-refractivity contribution >= 4 is 59.6 Å². The summed E-state index contributed by atoms with van der Waals surface area (Å²) in [6.07, 6.45) is 0. The summed E-state index contributed by atoms with van der Waals surface area (Å²) < 4.78 is 2.47. The lowest BCUT2D eigenvalue weighted by atomic mass is 9.99. The highest BCUT2D eigenvalue weighted by molar-refractivity contribution is 7.26. The predicted octanol–water partition coefficient (Wildman–Crippen LogP) is 10.8. The normalized spacial score (nSPS) is 11.3. The average Bonchev–Trinajstić information content (AvgIpc) is 3.44. The third kappa shape index (κ3) is 4.21. The second-order valence-electron chi connectivity index (χ2n) is 10.2. The number of rotatable bonds is 5. The van der Waals surface area contributed by atoms with Gasteiger partial charge in [-0.15, -0.1) is 11.3 Å². The SMILES string of the molecule is c1ccc(-c2nc3ccccc3nc2-c2cccc3sc4cc(N(c5ccccc5)c5ccccc5)ccc4c23)cc1. The lowest BCUT2D eigenvalue weighted by molar-refractivity contribution is 1.29. The third-order valence-electron chi connectivity index (χ3n) is 7.64. The molecule has 0 aliphatic heterocycles. The van der Waals surface area contributed by atoms with Crippen molar-refractivity contribution in [2.24, 2.45) is 0 Å². The topological polar surface area (TPSA) is 29.0 Å². The molecule has 0 saturated heterocycles. The van der Waals surface area contributed by atoms with E-state index in [1.165, 1.54) is 20.2 Å². The van der Waals surface area contributed by atoms with Crippen molar-refractivity contribution in [3.05, 3.63) is 152 Å². The minimum Gasteiger partial charge on any atom is -0.310 e.